The summed E-state index contributed by atoms with van der Waals surface area (Å²) in [5.41, 5.74) is 0.522. The molecule has 4 rings (SSSR count). The molecular weight excluding hydrogens is 370 g/mol. The Labute approximate surface area is 156 Å². The van der Waals surface area contributed by atoms with Gasteiger partial charge in [0.2, 0.25) is 5.82 Å². The van der Waals surface area contributed by atoms with Crippen molar-refractivity contribution in [1.29, 1.82) is 0 Å². The van der Waals surface area contributed by atoms with Crippen LogP contribution in [0.5, 0.6) is 0 Å². The maximum Gasteiger partial charge on any atom is 0.329 e. The van der Waals surface area contributed by atoms with Gasteiger partial charge >= 0.3 is 5.69 Å². The molecule has 1 aromatic carbocycles. The van der Waals surface area contributed by atoms with E-state index in [2.05, 4.69) is 20.3 Å². The number of rotatable bonds is 5. The Bertz CT molecular complexity index is 1170. The van der Waals surface area contributed by atoms with Crippen molar-refractivity contribution in [3.8, 4) is 11.5 Å². The second-order valence-electron chi connectivity index (χ2n) is 5.81. The van der Waals surface area contributed by atoms with Crippen molar-refractivity contribution in [2.75, 3.05) is 5.32 Å². The van der Waals surface area contributed by atoms with E-state index in [9.17, 15) is 18.9 Å². The number of pyridine rings is 1. The zero-order valence-corrected chi connectivity index (χ0v) is 14.2. The molecule has 0 aliphatic carbocycles. The normalized spacial score (nSPS) is 10.9. The summed E-state index contributed by atoms with van der Waals surface area (Å²) in [5.74, 6) is -1.48. The van der Waals surface area contributed by atoms with Gasteiger partial charge in [-0.2, -0.15) is 0 Å². The molecule has 0 aliphatic heterocycles. The molecular formula is C18H12F2N6O2. The Kier molecular flexibility index (Phi) is 4.36. The quantitative estimate of drug-likeness (QED) is 0.418. The molecule has 0 bridgehead atoms. The van der Waals surface area contributed by atoms with E-state index in [1.807, 2.05) is 6.07 Å². The summed E-state index contributed by atoms with van der Waals surface area (Å²) in [4.78, 5) is 23.1. The molecule has 0 amide bonds. The second kappa shape index (κ2) is 6.99. The second-order valence-corrected chi connectivity index (χ2v) is 5.81. The monoisotopic (exact) mass is 382 g/mol. The number of hydrogen-bond acceptors (Lipinski definition) is 6. The SMILES string of the molecule is O=[N+]([O-])c1cnc(-c2cnc3ccccn23)nc1NCc1c(F)cccc1F. The van der Waals surface area contributed by atoms with Gasteiger partial charge in [0.05, 0.1) is 11.1 Å². The largest absolute Gasteiger partial charge is 0.360 e. The molecule has 28 heavy (non-hydrogen) atoms. The topological polar surface area (TPSA) is 98.2 Å². The molecule has 8 nitrogen and oxygen atoms in total. The van der Waals surface area contributed by atoms with Crippen molar-refractivity contribution < 1.29 is 13.7 Å². The van der Waals surface area contributed by atoms with Crippen molar-refractivity contribution in [1.82, 2.24) is 19.4 Å². The molecule has 0 atom stereocenters. The first-order chi connectivity index (χ1) is 13.5. The molecule has 4 aromatic rings. The van der Waals surface area contributed by atoms with Crippen LogP contribution in [0.3, 0.4) is 0 Å². The van der Waals surface area contributed by atoms with Crippen LogP contribution in [0.2, 0.25) is 0 Å². The van der Waals surface area contributed by atoms with Gasteiger partial charge in [-0.05, 0) is 24.3 Å². The third-order valence-corrected chi connectivity index (χ3v) is 4.11. The van der Waals surface area contributed by atoms with E-state index in [0.717, 1.165) is 18.3 Å². The summed E-state index contributed by atoms with van der Waals surface area (Å²) in [7, 11) is 0. The van der Waals surface area contributed by atoms with Crippen LogP contribution in [0.4, 0.5) is 20.3 Å². The third-order valence-electron chi connectivity index (χ3n) is 4.11. The number of nitrogens with one attached hydrogen (secondary N) is 1. The fourth-order valence-electron chi connectivity index (χ4n) is 2.73. The van der Waals surface area contributed by atoms with Crippen molar-refractivity contribution in [2.45, 2.75) is 6.54 Å². The highest BCUT2D eigenvalue weighted by Crippen LogP contribution is 2.26. The molecule has 0 radical (unpaired) electrons. The minimum absolute atomic E-state index is 0.150. The lowest BCUT2D eigenvalue weighted by atomic mass is 10.2. The first kappa shape index (κ1) is 17.5. The van der Waals surface area contributed by atoms with E-state index in [1.165, 1.54) is 12.3 Å². The Hall–Kier alpha value is -3.95. The summed E-state index contributed by atoms with van der Waals surface area (Å²) in [6.45, 7) is -0.317. The standard InChI is InChI=1S/C18H12F2N6O2/c19-12-4-3-5-13(20)11(12)8-22-18-15(26(27)28)10-23-17(24-18)14-9-21-16-6-1-2-7-25(14)16/h1-7,9-10H,8H2,(H,22,23,24). The smallest absolute Gasteiger partial charge is 0.329 e. The van der Waals surface area contributed by atoms with E-state index >= 15 is 0 Å². The predicted molar refractivity (Wildman–Crippen MR) is 96.6 cm³/mol. The molecule has 3 aromatic heterocycles. The number of halogens is 2. The zero-order valence-electron chi connectivity index (χ0n) is 14.2. The van der Waals surface area contributed by atoms with E-state index in [-0.39, 0.29) is 23.8 Å². The minimum Gasteiger partial charge on any atom is -0.360 e. The van der Waals surface area contributed by atoms with Crippen molar-refractivity contribution in [3.63, 3.8) is 0 Å². The van der Waals surface area contributed by atoms with Crippen LogP contribution in [-0.2, 0) is 6.54 Å². The molecule has 0 fully saturated rings. The van der Waals surface area contributed by atoms with Gasteiger partial charge in [-0.25, -0.2) is 23.7 Å². The summed E-state index contributed by atoms with van der Waals surface area (Å²) in [6, 6.07) is 8.86. The molecule has 0 saturated carbocycles. The van der Waals surface area contributed by atoms with Gasteiger partial charge in [-0.1, -0.05) is 12.1 Å². The molecule has 0 saturated heterocycles. The van der Waals surface area contributed by atoms with Crippen LogP contribution in [0.15, 0.2) is 55.0 Å². The lowest BCUT2D eigenvalue weighted by molar-refractivity contribution is -0.384. The van der Waals surface area contributed by atoms with Crippen molar-refractivity contribution in [2.24, 2.45) is 0 Å². The van der Waals surface area contributed by atoms with Crippen LogP contribution in [0.25, 0.3) is 17.2 Å². The molecule has 3 heterocycles. The number of hydrogen-bond donors (Lipinski definition) is 1. The Morgan fingerprint density at radius 2 is 1.86 bits per heavy atom. The molecule has 0 spiro atoms. The lowest BCUT2D eigenvalue weighted by Gasteiger charge is -2.09. The molecule has 1 N–H and O–H groups in total. The van der Waals surface area contributed by atoms with E-state index in [0.29, 0.717) is 11.3 Å². The number of anilines is 1. The van der Waals surface area contributed by atoms with Crippen LogP contribution >= 0.6 is 0 Å². The molecule has 0 aliphatic rings. The average Bonchev–Trinajstić information content (AvgIpc) is 3.11. The van der Waals surface area contributed by atoms with E-state index < -0.39 is 22.2 Å². The van der Waals surface area contributed by atoms with Gasteiger partial charge in [0.25, 0.3) is 0 Å². The van der Waals surface area contributed by atoms with Crippen LogP contribution in [-0.4, -0.2) is 24.3 Å². The van der Waals surface area contributed by atoms with Gasteiger partial charge in [0.1, 0.15) is 29.2 Å². The Morgan fingerprint density at radius 3 is 2.61 bits per heavy atom. The maximum atomic E-state index is 13.8. The van der Waals surface area contributed by atoms with Gasteiger partial charge in [0.15, 0.2) is 5.82 Å². The number of fused-ring (bicyclic) bond motifs is 1. The van der Waals surface area contributed by atoms with Gasteiger partial charge in [0, 0.05) is 18.3 Å². The summed E-state index contributed by atoms with van der Waals surface area (Å²) in [5, 5.41) is 13.9. The number of benzene rings is 1. The number of nitro groups is 1. The number of nitrogens with zero attached hydrogens (tertiary/aromatic N) is 5. The van der Waals surface area contributed by atoms with Gasteiger partial charge in [-0.3, -0.25) is 14.5 Å². The molecule has 0 unspecified atom stereocenters. The van der Waals surface area contributed by atoms with E-state index in [4.69, 9.17) is 0 Å². The lowest BCUT2D eigenvalue weighted by Crippen LogP contribution is -2.09. The molecule has 140 valence electrons. The van der Waals surface area contributed by atoms with E-state index in [1.54, 1.807) is 22.7 Å². The van der Waals surface area contributed by atoms with Crippen LogP contribution in [0, 0.1) is 21.7 Å². The Balaban J connectivity index is 1.73. The fraction of sp³-hybridized carbons (Fsp3) is 0.0556. The summed E-state index contributed by atoms with van der Waals surface area (Å²) >= 11 is 0. The van der Waals surface area contributed by atoms with Gasteiger partial charge in [-0.15, -0.1) is 0 Å². The highest BCUT2D eigenvalue weighted by atomic mass is 19.1. The van der Waals surface area contributed by atoms with Crippen molar-refractivity contribution >= 4 is 17.2 Å². The molecule has 10 heteroatoms. The Morgan fingerprint density at radius 1 is 1.07 bits per heavy atom. The predicted octanol–water partition coefficient (Wildman–Crippen LogP) is 3.59. The van der Waals surface area contributed by atoms with Crippen LogP contribution in [0.1, 0.15) is 5.56 Å². The minimum atomic E-state index is -0.758. The first-order valence-electron chi connectivity index (χ1n) is 8.15. The first-order valence-corrected chi connectivity index (χ1v) is 8.15. The fourth-order valence-corrected chi connectivity index (χ4v) is 2.73. The van der Waals surface area contributed by atoms with Crippen LogP contribution < -0.4 is 5.32 Å². The highest BCUT2D eigenvalue weighted by Gasteiger charge is 2.20. The summed E-state index contributed by atoms with van der Waals surface area (Å²) < 4.78 is 29.4. The highest BCUT2D eigenvalue weighted by molar-refractivity contribution is 5.63. The summed E-state index contributed by atoms with van der Waals surface area (Å²) in [6.07, 6.45) is 4.34. The average molecular weight is 382 g/mol. The van der Waals surface area contributed by atoms with Gasteiger partial charge < -0.3 is 5.32 Å². The number of aromatic nitrogens is 4. The number of imidazole rings is 1. The third kappa shape index (κ3) is 3.11. The zero-order chi connectivity index (χ0) is 19.7. The van der Waals surface area contributed by atoms with Crippen molar-refractivity contribution in [3.05, 3.63) is 82.3 Å². The maximum absolute atomic E-state index is 13.8.